The van der Waals surface area contributed by atoms with Crippen molar-refractivity contribution in [3.8, 4) is 5.88 Å². The van der Waals surface area contributed by atoms with E-state index < -0.39 is 0 Å². The molecule has 0 aliphatic carbocycles. The predicted molar refractivity (Wildman–Crippen MR) is 86.7 cm³/mol. The monoisotopic (exact) mass is 319 g/mol. The molecule has 0 unspecified atom stereocenters. The summed E-state index contributed by atoms with van der Waals surface area (Å²) in [6, 6.07) is -0.570. The summed E-state index contributed by atoms with van der Waals surface area (Å²) in [6.07, 6.45) is 4.94. The summed E-state index contributed by atoms with van der Waals surface area (Å²) in [6.45, 7) is 1.88. The van der Waals surface area contributed by atoms with Gasteiger partial charge in [0, 0.05) is 32.9 Å². The average Bonchev–Trinajstić information content (AvgIpc) is 2.93. The second-order valence-electron chi connectivity index (χ2n) is 5.24. The van der Waals surface area contributed by atoms with Gasteiger partial charge in [-0.1, -0.05) is 0 Å². The number of aromatic nitrogens is 4. The Balaban J connectivity index is 2.13. The van der Waals surface area contributed by atoms with Gasteiger partial charge in [-0.05, 0) is 6.92 Å². The number of carbonyl (C=O) groups is 1. The Bertz CT molecular complexity index is 684. The molecule has 2 aromatic rings. The molecule has 2 aromatic heterocycles. The van der Waals surface area contributed by atoms with E-state index in [1.165, 1.54) is 13.4 Å². The first kappa shape index (κ1) is 16.5. The molecule has 2 amide bonds. The second-order valence-corrected chi connectivity index (χ2v) is 5.24. The lowest BCUT2D eigenvalue weighted by Crippen LogP contribution is -2.32. The Kier molecular flexibility index (Phi) is 4.99. The number of rotatable bonds is 5. The molecular formula is C14H21N7O2. The predicted octanol–water partition coefficient (Wildman–Crippen LogP) is 1.17. The lowest BCUT2D eigenvalue weighted by Gasteiger charge is -2.19. The Labute approximate surface area is 134 Å². The van der Waals surface area contributed by atoms with Crippen molar-refractivity contribution in [2.45, 2.75) is 13.0 Å². The molecule has 0 aliphatic rings. The van der Waals surface area contributed by atoms with Gasteiger partial charge in [-0.15, -0.1) is 0 Å². The van der Waals surface area contributed by atoms with E-state index in [4.69, 9.17) is 4.74 Å². The molecule has 2 heterocycles. The third kappa shape index (κ3) is 3.87. The van der Waals surface area contributed by atoms with Gasteiger partial charge in [0.25, 0.3) is 0 Å². The van der Waals surface area contributed by atoms with Crippen LogP contribution in [0.15, 0.2) is 18.7 Å². The van der Waals surface area contributed by atoms with E-state index in [0.29, 0.717) is 17.4 Å². The van der Waals surface area contributed by atoms with Gasteiger partial charge in [-0.3, -0.25) is 4.68 Å². The van der Waals surface area contributed by atoms with Crippen molar-refractivity contribution in [2.75, 3.05) is 31.4 Å². The SMILES string of the molecule is COc1ncnc(N(C)C)c1NC(=O)N[C@H](C)c1cnn(C)c1. The van der Waals surface area contributed by atoms with Crippen molar-refractivity contribution in [3.63, 3.8) is 0 Å². The first-order valence-corrected chi connectivity index (χ1v) is 7.04. The highest BCUT2D eigenvalue weighted by Crippen LogP contribution is 2.29. The zero-order chi connectivity index (χ0) is 17.0. The largest absolute Gasteiger partial charge is 0.479 e. The van der Waals surface area contributed by atoms with E-state index in [9.17, 15) is 4.79 Å². The number of nitrogens with one attached hydrogen (secondary N) is 2. The van der Waals surface area contributed by atoms with E-state index >= 15 is 0 Å². The third-order valence-corrected chi connectivity index (χ3v) is 3.22. The summed E-state index contributed by atoms with van der Waals surface area (Å²) in [5, 5.41) is 9.68. The number of anilines is 2. The molecule has 0 radical (unpaired) electrons. The number of methoxy groups -OCH3 is 1. The Morgan fingerprint density at radius 1 is 1.39 bits per heavy atom. The highest BCUT2D eigenvalue weighted by Gasteiger charge is 2.18. The molecule has 0 aliphatic heterocycles. The number of nitrogens with zero attached hydrogens (tertiary/aromatic N) is 5. The standard InChI is InChI=1S/C14H21N7O2/c1-9(10-6-17-21(4)7-10)18-14(22)19-11-12(20(2)3)15-8-16-13(11)23-5/h6-9H,1-5H3,(H2,18,19,22)/t9-/m1/s1. The highest BCUT2D eigenvalue weighted by molar-refractivity contribution is 5.94. The van der Waals surface area contributed by atoms with Gasteiger partial charge < -0.3 is 20.3 Å². The van der Waals surface area contributed by atoms with Crippen molar-refractivity contribution in [1.82, 2.24) is 25.1 Å². The van der Waals surface area contributed by atoms with Gasteiger partial charge in [0.1, 0.15) is 12.0 Å². The molecule has 1 atom stereocenters. The van der Waals surface area contributed by atoms with Crippen LogP contribution in [0, 0.1) is 0 Å². The summed E-state index contributed by atoms with van der Waals surface area (Å²) in [5.74, 6) is 0.855. The number of hydrogen-bond acceptors (Lipinski definition) is 6. The van der Waals surface area contributed by atoms with Crippen molar-refractivity contribution in [3.05, 3.63) is 24.3 Å². The van der Waals surface area contributed by atoms with Gasteiger partial charge in [0.05, 0.1) is 19.3 Å². The van der Waals surface area contributed by atoms with Crippen LogP contribution in [-0.4, -0.2) is 47.0 Å². The smallest absolute Gasteiger partial charge is 0.319 e. The lowest BCUT2D eigenvalue weighted by molar-refractivity contribution is 0.249. The molecule has 0 saturated carbocycles. The summed E-state index contributed by atoms with van der Waals surface area (Å²) >= 11 is 0. The minimum Gasteiger partial charge on any atom is -0.479 e. The van der Waals surface area contributed by atoms with Gasteiger partial charge in [0.15, 0.2) is 5.82 Å². The fraction of sp³-hybridized carbons (Fsp3) is 0.429. The maximum absolute atomic E-state index is 12.3. The average molecular weight is 319 g/mol. The Hall–Kier alpha value is -2.84. The van der Waals surface area contributed by atoms with Gasteiger partial charge in [-0.2, -0.15) is 10.1 Å². The number of aryl methyl sites for hydroxylation is 1. The number of amides is 2. The Morgan fingerprint density at radius 2 is 2.13 bits per heavy atom. The minimum absolute atomic E-state index is 0.192. The fourth-order valence-electron chi connectivity index (χ4n) is 2.06. The topological polar surface area (TPSA) is 97.2 Å². The van der Waals surface area contributed by atoms with E-state index in [2.05, 4.69) is 25.7 Å². The molecule has 2 N–H and O–H groups in total. The molecule has 0 fully saturated rings. The summed E-state index contributed by atoms with van der Waals surface area (Å²) in [5.41, 5.74) is 1.32. The first-order chi connectivity index (χ1) is 10.9. The summed E-state index contributed by atoms with van der Waals surface area (Å²) < 4.78 is 6.88. The van der Waals surface area contributed by atoms with Crippen LogP contribution in [0.25, 0.3) is 0 Å². The molecule has 124 valence electrons. The van der Waals surface area contributed by atoms with Crippen molar-refractivity contribution >= 4 is 17.5 Å². The first-order valence-electron chi connectivity index (χ1n) is 7.04. The molecule has 0 spiro atoms. The number of urea groups is 1. The van der Waals surface area contributed by atoms with Gasteiger partial charge in [-0.25, -0.2) is 9.78 Å². The van der Waals surface area contributed by atoms with Crippen LogP contribution >= 0.6 is 0 Å². The maximum atomic E-state index is 12.3. The van der Waals surface area contributed by atoms with Crippen molar-refractivity contribution in [1.29, 1.82) is 0 Å². The van der Waals surface area contributed by atoms with Crippen LogP contribution in [0.4, 0.5) is 16.3 Å². The zero-order valence-corrected chi connectivity index (χ0v) is 13.9. The van der Waals surface area contributed by atoms with Gasteiger partial charge in [0.2, 0.25) is 5.88 Å². The minimum atomic E-state index is -0.377. The molecule has 0 bridgehead atoms. The lowest BCUT2D eigenvalue weighted by atomic mass is 10.2. The number of carbonyl (C=O) groups excluding carboxylic acids is 1. The highest BCUT2D eigenvalue weighted by atomic mass is 16.5. The van der Waals surface area contributed by atoms with E-state index in [1.54, 1.807) is 15.8 Å². The van der Waals surface area contributed by atoms with Gasteiger partial charge >= 0.3 is 6.03 Å². The molecule has 23 heavy (non-hydrogen) atoms. The number of hydrogen-bond donors (Lipinski definition) is 2. The van der Waals surface area contributed by atoms with Crippen molar-refractivity contribution in [2.24, 2.45) is 7.05 Å². The van der Waals surface area contributed by atoms with Crippen LogP contribution in [0.1, 0.15) is 18.5 Å². The van der Waals surface area contributed by atoms with Crippen LogP contribution < -0.4 is 20.3 Å². The van der Waals surface area contributed by atoms with E-state index in [-0.39, 0.29) is 12.1 Å². The van der Waals surface area contributed by atoms with Crippen molar-refractivity contribution < 1.29 is 9.53 Å². The van der Waals surface area contributed by atoms with Crippen LogP contribution in [0.3, 0.4) is 0 Å². The van der Waals surface area contributed by atoms with Crippen LogP contribution in [-0.2, 0) is 7.05 Å². The molecule has 2 rings (SSSR count). The zero-order valence-electron chi connectivity index (χ0n) is 13.9. The molecule has 0 saturated heterocycles. The van der Waals surface area contributed by atoms with E-state index in [0.717, 1.165) is 5.56 Å². The van der Waals surface area contributed by atoms with E-state index in [1.807, 2.05) is 34.3 Å². The number of ether oxygens (including phenoxy) is 1. The molecular weight excluding hydrogens is 298 g/mol. The third-order valence-electron chi connectivity index (χ3n) is 3.22. The maximum Gasteiger partial charge on any atom is 0.319 e. The van der Waals surface area contributed by atoms with Crippen LogP contribution in [0.5, 0.6) is 5.88 Å². The second kappa shape index (κ2) is 6.95. The fourth-order valence-corrected chi connectivity index (χ4v) is 2.06. The normalized spacial score (nSPS) is 11.7. The van der Waals surface area contributed by atoms with Crippen LogP contribution in [0.2, 0.25) is 0 Å². The molecule has 0 aromatic carbocycles. The summed E-state index contributed by atoms with van der Waals surface area (Å²) in [7, 11) is 6.96. The summed E-state index contributed by atoms with van der Waals surface area (Å²) in [4.78, 5) is 22.2. The molecule has 9 nitrogen and oxygen atoms in total. The Morgan fingerprint density at radius 3 is 2.70 bits per heavy atom. The quantitative estimate of drug-likeness (QED) is 0.858. The molecule has 9 heteroatoms.